The first-order valence-corrected chi connectivity index (χ1v) is 6.03. The van der Waals surface area contributed by atoms with Gasteiger partial charge in [-0.2, -0.15) is 0 Å². The van der Waals surface area contributed by atoms with Crippen LogP contribution >= 0.6 is 0 Å². The molecule has 0 aromatic heterocycles. The molecule has 0 aliphatic carbocycles. The lowest BCUT2D eigenvalue weighted by Crippen LogP contribution is -3.13. The molecule has 1 aromatic rings. The van der Waals surface area contributed by atoms with Crippen LogP contribution in [-0.2, 0) is 6.54 Å². The van der Waals surface area contributed by atoms with E-state index >= 15 is 0 Å². The lowest BCUT2D eigenvalue weighted by atomic mass is 10.1. The molecule has 3 rings (SSSR count). The van der Waals surface area contributed by atoms with Gasteiger partial charge in [-0.15, -0.1) is 0 Å². The molecule has 2 N–H and O–H groups in total. The highest BCUT2D eigenvalue weighted by molar-refractivity contribution is 5.13. The van der Waals surface area contributed by atoms with Gasteiger partial charge >= 0.3 is 0 Å². The summed E-state index contributed by atoms with van der Waals surface area (Å²) in [4.78, 5) is 1.79. The molecule has 15 heavy (non-hydrogen) atoms. The second kappa shape index (κ2) is 3.95. The standard InChI is InChI=1S/C13H18N2/c1-2-4-11(5-3-1)10-15-7-6-12-8-14-9-13(12)15/h1-5,12-14H,6-10H2/p+1/t12-,13-/m0/s1. The Bertz CT molecular complexity index is 323. The van der Waals surface area contributed by atoms with Gasteiger partial charge in [0.25, 0.3) is 0 Å². The smallest absolute Gasteiger partial charge is 0.105 e. The van der Waals surface area contributed by atoms with E-state index in [0.29, 0.717) is 0 Å². The van der Waals surface area contributed by atoms with Crippen molar-refractivity contribution in [1.29, 1.82) is 0 Å². The molecular formula is C13H19N2+. The summed E-state index contributed by atoms with van der Waals surface area (Å²) in [5, 5.41) is 3.52. The third-order valence-corrected chi connectivity index (χ3v) is 3.97. The first kappa shape index (κ1) is 9.37. The van der Waals surface area contributed by atoms with Gasteiger partial charge in [0.1, 0.15) is 12.6 Å². The molecule has 2 saturated heterocycles. The zero-order chi connectivity index (χ0) is 10.1. The Labute approximate surface area is 91.3 Å². The first-order valence-electron chi connectivity index (χ1n) is 6.03. The van der Waals surface area contributed by atoms with E-state index in [2.05, 4.69) is 35.6 Å². The summed E-state index contributed by atoms with van der Waals surface area (Å²) >= 11 is 0. The largest absolute Gasteiger partial charge is 0.327 e. The number of hydrogen-bond donors (Lipinski definition) is 2. The van der Waals surface area contributed by atoms with E-state index in [-0.39, 0.29) is 0 Å². The molecule has 0 radical (unpaired) electrons. The molecular weight excluding hydrogens is 184 g/mol. The quantitative estimate of drug-likeness (QED) is 0.695. The van der Waals surface area contributed by atoms with Gasteiger partial charge in [0.15, 0.2) is 0 Å². The van der Waals surface area contributed by atoms with Crippen molar-refractivity contribution in [3.05, 3.63) is 35.9 Å². The van der Waals surface area contributed by atoms with Gasteiger partial charge in [-0.05, 0) is 0 Å². The SMILES string of the molecule is c1ccc(C[NH+]2CC[C@H]3CNC[C@@H]32)cc1. The van der Waals surface area contributed by atoms with Crippen molar-refractivity contribution < 1.29 is 4.90 Å². The summed E-state index contributed by atoms with van der Waals surface area (Å²) in [5.41, 5.74) is 1.49. The van der Waals surface area contributed by atoms with Crippen molar-refractivity contribution in [3.63, 3.8) is 0 Å². The summed E-state index contributed by atoms with van der Waals surface area (Å²) in [6.07, 6.45) is 1.42. The molecule has 1 unspecified atom stereocenters. The number of nitrogens with one attached hydrogen (secondary N) is 2. The second-order valence-corrected chi connectivity index (χ2v) is 4.88. The predicted octanol–water partition coefficient (Wildman–Crippen LogP) is 0.0632. The number of likely N-dealkylation sites (tertiary alicyclic amines) is 1. The topological polar surface area (TPSA) is 16.5 Å². The number of fused-ring (bicyclic) bond motifs is 1. The van der Waals surface area contributed by atoms with E-state index in [1.807, 2.05) is 0 Å². The number of hydrogen-bond acceptors (Lipinski definition) is 1. The van der Waals surface area contributed by atoms with Gasteiger partial charge in [0.05, 0.1) is 6.54 Å². The Hall–Kier alpha value is -0.860. The first-order chi connectivity index (χ1) is 7.43. The van der Waals surface area contributed by atoms with E-state index < -0.39 is 0 Å². The van der Waals surface area contributed by atoms with Crippen LogP contribution in [0.2, 0.25) is 0 Å². The normalized spacial score (nSPS) is 34.3. The summed E-state index contributed by atoms with van der Waals surface area (Å²) in [6.45, 7) is 5.06. The van der Waals surface area contributed by atoms with Gasteiger partial charge in [-0.1, -0.05) is 30.3 Å². The maximum atomic E-state index is 3.52. The summed E-state index contributed by atoms with van der Waals surface area (Å²) in [7, 11) is 0. The third-order valence-electron chi connectivity index (χ3n) is 3.97. The molecule has 2 heteroatoms. The molecule has 80 valence electrons. The van der Waals surface area contributed by atoms with Crippen molar-refractivity contribution in [1.82, 2.24) is 5.32 Å². The van der Waals surface area contributed by atoms with Crippen LogP contribution in [0.5, 0.6) is 0 Å². The van der Waals surface area contributed by atoms with Crippen LogP contribution in [0, 0.1) is 5.92 Å². The van der Waals surface area contributed by atoms with Crippen LogP contribution in [0.1, 0.15) is 12.0 Å². The Balaban J connectivity index is 1.69. The Morgan fingerprint density at radius 2 is 2.07 bits per heavy atom. The molecule has 0 spiro atoms. The Morgan fingerprint density at radius 1 is 1.20 bits per heavy atom. The molecule has 2 aliphatic heterocycles. The van der Waals surface area contributed by atoms with Crippen molar-refractivity contribution >= 4 is 0 Å². The fourth-order valence-electron chi connectivity index (χ4n) is 3.15. The molecule has 2 heterocycles. The average molecular weight is 203 g/mol. The molecule has 2 fully saturated rings. The highest BCUT2D eigenvalue weighted by Crippen LogP contribution is 2.15. The second-order valence-electron chi connectivity index (χ2n) is 4.88. The van der Waals surface area contributed by atoms with Crippen LogP contribution in [0.25, 0.3) is 0 Å². The highest BCUT2D eigenvalue weighted by atomic mass is 15.2. The zero-order valence-corrected chi connectivity index (χ0v) is 9.08. The average Bonchev–Trinajstić information content (AvgIpc) is 2.85. The van der Waals surface area contributed by atoms with E-state index in [1.165, 1.54) is 38.2 Å². The van der Waals surface area contributed by atoms with Gasteiger partial charge < -0.3 is 10.2 Å². The van der Waals surface area contributed by atoms with E-state index in [0.717, 1.165) is 12.0 Å². The van der Waals surface area contributed by atoms with Gasteiger partial charge in [0.2, 0.25) is 0 Å². The van der Waals surface area contributed by atoms with E-state index in [9.17, 15) is 0 Å². The lowest BCUT2D eigenvalue weighted by Gasteiger charge is -2.19. The van der Waals surface area contributed by atoms with Crippen molar-refractivity contribution in [2.24, 2.45) is 5.92 Å². The van der Waals surface area contributed by atoms with E-state index in [1.54, 1.807) is 4.90 Å². The van der Waals surface area contributed by atoms with Crippen molar-refractivity contribution in [3.8, 4) is 0 Å². The maximum Gasteiger partial charge on any atom is 0.105 e. The lowest BCUT2D eigenvalue weighted by molar-refractivity contribution is -0.925. The van der Waals surface area contributed by atoms with Crippen LogP contribution in [0.3, 0.4) is 0 Å². The summed E-state index contributed by atoms with van der Waals surface area (Å²) in [5.74, 6) is 0.948. The minimum atomic E-state index is 0.880. The Kier molecular flexibility index (Phi) is 2.47. The minimum absolute atomic E-state index is 0.880. The van der Waals surface area contributed by atoms with Crippen LogP contribution < -0.4 is 10.2 Å². The Morgan fingerprint density at radius 3 is 2.93 bits per heavy atom. The number of rotatable bonds is 2. The molecule has 0 bridgehead atoms. The fraction of sp³-hybridized carbons (Fsp3) is 0.538. The fourth-order valence-corrected chi connectivity index (χ4v) is 3.15. The molecule has 2 nitrogen and oxygen atoms in total. The van der Waals surface area contributed by atoms with Gasteiger partial charge in [0, 0.05) is 31.0 Å². The molecule has 0 saturated carbocycles. The van der Waals surface area contributed by atoms with Crippen LogP contribution in [-0.4, -0.2) is 25.7 Å². The highest BCUT2D eigenvalue weighted by Gasteiger charge is 2.40. The summed E-state index contributed by atoms with van der Waals surface area (Å²) < 4.78 is 0. The van der Waals surface area contributed by atoms with Gasteiger partial charge in [-0.25, -0.2) is 0 Å². The molecule has 2 aliphatic rings. The molecule has 0 amide bonds. The molecule has 3 atom stereocenters. The van der Waals surface area contributed by atoms with Crippen molar-refractivity contribution in [2.45, 2.75) is 19.0 Å². The zero-order valence-electron chi connectivity index (χ0n) is 9.08. The van der Waals surface area contributed by atoms with Gasteiger partial charge in [-0.3, -0.25) is 0 Å². The van der Waals surface area contributed by atoms with Crippen molar-refractivity contribution in [2.75, 3.05) is 19.6 Å². The number of benzene rings is 1. The van der Waals surface area contributed by atoms with Crippen LogP contribution in [0.15, 0.2) is 30.3 Å². The minimum Gasteiger partial charge on any atom is -0.327 e. The maximum absolute atomic E-state index is 3.52. The van der Waals surface area contributed by atoms with Crippen LogP contribution in [0.4, 0.5) is 0 Å². The summed E-state index contributed by atoms with van der Waals surface area (Å²) in [6, 6.07) is 11.8. The van der Waals surface area contributed by atoms with E-state index in [4.69, 9.17) is 0 Å². The monoisotopic (exact) mass is 203 g/mol. The molecule has 1 aromatic carbocycles. The third kappa shape index (κ3) is 1.80. The number of quaternary nitrogens is 1. The predicted molar refractivity (Wildman–Crippen MR) is 60.7 cm³/mol.